The Morgan fingerprint density at radius 2 is 2.35 bits per heavy atom. The summed E-state index contributed by atoms with van der Waals surface area (Å²) in [5.74, 6) is 0. The molecule has 0 bridgehead atoms. The molecule has 3 rings (SSSR count). The molecular weight excluding hydrogens is 212 g/mol. The van der Waals surface area contributed by atoms with Gasteiger partial charge in [-0.15, -0.1) is 0 Å². The van der Waals surface area contributed by atoms with Gasteiger partial charge in [-0.3, -0.25) is 4.98 Å². The maximum atomic E-state index is 5.93. The smallest absolute Gasteiger partial charge is 0.0697 e. The molecule has 1 N–H and O–H groups in total. The molecule has 2 aliphatic rings. The van der Waals surface area contributed by atoms with Crippen molar-refractivity contribution in [3.63, 3.8) is 0 Å². The van der Waals surface area contributed by atoms with Gasteiger partial charge in [0.25, 0.3) is 0 Å². The molecule has 3 heteroatoms. The van der Waals surface area contributed by atoms with Crippen molar-refractivity contribution in [2.45, 2.75) is 50.3 Å². The van der Waals surface area contributed by atoms with E-state index in [2.05, 4.69) is 16.4 Å². The van der Waals surface area contributed by atoms with Gasteiger partial charge in [0.1, 0.15) is 0 Å². The van der Waals surface area contributed by atoms with Crippen LogP contribution in [0.1, 0.15) is 37.8 Å². The predicted octanol–water partition coefficient (Wildman–Crippen LogP) is 2.27. The Morgan fingerprint density at radius 1 is 1.41 bits per heavy atom. The third-order valence-corrected chi connectivity index (χ3v) is 4.06. The average Bonchev–Trinajstić information content (AvgIpc) is 2.36. The molecule has 1 aliphatic carbocycles. The standard InChI is InChI=1S/C14H20N2O/c1-2-8-15-13(4-1)11-16-12-5-9-17-14(10-12)6-3-7-14/h1-2,4,8,12,16H,3,5-7,9-11H2. The van der Waals surface area contributed by atoms with Crippen LogP contribution < -0.4 is 5.32 Å². The van der Waals surface area contributed by atoms with Crippen molar-refractivity contribution < 1.29 is 4.74 Å². The highest BCUT2D eigenvalue weighted by Crippen LogP contribution is 2.42. The summed E-state index contributed by atoms with van der Waals surface area (Å²) in [6.07, 6.45) is 8.03. The lowest BCUT2D eigenvalue weighted by Gasteiger charge is -2.47. The summed E-state index contributed by atoms with van der Waals surface area (Å²) >= 11 is 0. The molecule has 1 aromatic rings. The topological polar surface area (TPSA) is 34.1 Å². The molecule has 1 unspecified atom stereocenters. The molecule has 1 saturated heterocycles. The van der Waals surface area contributed by atoms with E-state index in [0.29, 0.717) is 6.04 Å². The SMILES string of the molecule is c1ccc(CNC2CCOC3(CCC3)C2)nc1. The minimum absolute atomic E-state index is 0.236. The lowest BCUT2D eigenvalue weighted by molar-refractivity contribution is -0.135. The molecule has 3 nitrogen and oxygen atoms in total. The zero-order valence-corrected chi connectivity index (χ0v) is 10.2. The highest BCUT2D eigenvalue weighted by Gasteiger charge is 2.42. The number of nitrogens with one attached hydrogen (secondary N) is 1. The van der Waals surface area contributed by atoms with Crippen molar-refractivity contribution in [3.8, 4) is 0 Å². The Bertz CT molecular complexity index is 362. The number of rotatable bonds is 3. The molecule has 92 valence electrons. The largest absolute Gasteiger partial charge is 0.375 e. The Hall–Kier alpha value is -0.930. The van der Waals surface area contributed by atoms with Crippen molar-refractivity contribution in [2.75, 3.05) is 6.61 Å². The summed E-state index contributed by atoms with van der Waals surface area (Å²) in [5.41, 5.74) is 1.36. The summed E-state index contributed by atoms with van der Waals surface area (Å²) in [5, 5.41) is 3.62. The molecule has 17 heavy (non-hydrogen) atoms. The lowest BCUT2D eigenvalue weighted by Crippen LogP contribution is -2.50. The van der Waals surface area contributed by atoms with Gasteiger partial charge in [-0.1, -0.05) is 6.07 Å². The first kappa shape index (κ1) is 11.2. The minimum atomic E-state index is 0.236. The maximum absolute atomic E-state index is 5.93. The normalized spacial score (nSPS) is 26.7. The van der Waals surface area contributed by atoms with Gasteiger partial charge < -0.3 is 10.1 Å². The third kappa shape index (κ3) is 2.50. The number of aromatic nitrogens is 1. The van der Waals surface area contributed by atoms with E-state index < -0.39 is 0 Å². The van der Waals surface area contributed by atoms with Gasteiger partial charge in [-0.2, -0.15) is 0 Å². The second kappa shape index (κ2) is 4.75. The van der Waals surface area contributed by atoms with Crippen LogP contribution in [0.4, 0.5) is 0 Å². The van der Waals surface area contributed by atoms with Crippen LogP contribution in [0.5, 0.6) is 0 Å². The Kier molecular flexibility index (Phi) is 3.12. The van der Waals surface area contributed by atoms with Crippen LogP contribution in [0, 0.1) is 0 Å². The third-order valence-electron chi connectivity index (χ3n) is 4.06. The zero-order valence-electron chi connectivity index (χ0n) is 10.2. The molecule has 1 aromatic heterocycles. The van der Waals surface area contributed by atoms with Crippen LogP contribution in [-0.2, 0) is 11.3 Å². The number of ether oxygens (including phenoxy) is 1. The first-order valence-electron chi connectivity index (χ1n) is 6.64. The number of hydrogen-bond donors (Lipinski definition) is 1. The Labute approximate surface area is 103 Å². The van der Waals surface area contributed by atoms with E-state index in [1.807, 2.05) is 18.3 Å². The van der Waals surface area contributed by atoms with Gasteiger partial charge in [0, 0.05) is 25.4 Å². The highest BCUT2D eigenvalue weighted by atomic mass is 16.5. The average molecular weight is 232 g/mol. The highest BCUT2D eigenvalue weighted by molar-refractivity contribution is 5.04. The summed E-state index contributed by atoms with van der Waals surface area (Å²) in [6.45, 7) is 1.79. The minimum Gasteiger partial charge on any atom is -0.375 e. The fraction of sp³-hybridized carbons (Fsp3) is 0.643. The van der Waals surface area contributed by atoms with Crippen LogP contribution in [-0.4, -0.2) is 23.2 Å². The second-order valence-electron chi connectivity index (χ2n) is 5.28. The van der Waals surface area contributed by atoms with Crippen molar-refractivity contribution >= 4 is 0 Å². The second-order valence-corrected chi connectivity index (χ2v) is 5.28. The van der Waals surface area contributed by atoms with E-state index >= 15 is 0 Å². The van der Waals surface area contributed by atoms with Crippen molar-refractivity contribution in [1.82, 2.24) is 10.3 Å². The predicted molar refractivity (Wildman–Crippen MR) is 66.6 cm³/mol. The fourth-order valence-corrected chi connectivity index (χ4v) is 2.87. The fourth-order valence-electron chi connectivity index (χ4n) is 2.87. The molecular formula is C14H20N2O. The molecule has 1 aliphatic heterocycles. The molecule has 0 radical (unpaired) electrons. The van der Waals surface area contributed by atoms with Crippen LogP contribution in [0.15, 0.2) is 24.4 Å². The maximum Gasteiger partial charge on any atom is 0.0697 e. The van der Waals surface area contributed by atoms with Gasteiger partial charge in [0.15, 0.2) is 0 Å². The summed E-state index contributed by atoms with van der Waals surface area (Å²) in [4.78, 5) is 4.34. The molecule has 1 spiro atoms. The molecule has 1 saturated carbocycles. The van der Waals surface area contributed by atoms with Crippen LogP contribution in [0.2, 0.25) is 0 Å². The molecule has 1 atom stereocenters. The van der Waals surface area contributed by atoms with Gasteiger partial charge in [-0.05, 0) is 44.2 Å². The first-order chi connectivity index (χ1) is 8.36. The van der Waals surface area contributed by atoms with Gasteiger partial charge in [0.2, 0.25) is 0 Å². The quantitative estimate of drug-likeness (QED) is 0.868. The lowest BCUT2D eigenvalue weighted by atomic mass is 9.74. The number of nitrogens with zero attached hydrogens (tertiary/aromatic N) is 1. The van der Waals surface area contributed by atoms with E-state index in [1.165, 1.54) is 25.7 Å². The van der Waals surface area contributed by atoms with E-state index in [4.69, 9.17) is 4.74 Å². The number of pyridine rings is 1. The van der Waals surface area contributed by atoms with Crippen LogP contribution in [0.3, 0.4) is 0 Å². The van der Waals surface area contributed by atoms with Crippen LogP contribution in [0.25, 0.3) is 0 Å². The molecule has 2 fully saturated rings. The van der Waals surface area contributed by atoms with E-state index in [-0.39, 0.29) is 5.60 Å². The summed E-state index contributed by atoms with van der Waals surface area (Å²) in [6, 6.07) is 6.68. The van der Waals surface area contributed by atoms with Crippen molar-refractivity contribution in [2.24, 2.45) is 0 Å². The van der Waals surface area contributed by atoms with E-state index in [9.17, 15) is 0 Å². The zero-order chi connectivity index (χ0) is 11.6. The Morgan fingerprint density at radius 3 is 3.06 bits per heavy atom. The first-order valence-corrected chi connectivity index (χ1v) is 6.64. The summed E-state index contributed by atoms with van der Waals surface area (Å²) in [7, 11) is 0. The monoisotopic (exact) mass is 232 g/mol. The number of hydrogen-bond acceptors (Lipinski definition) is 3. The van der Waals surface area contributed by atoms with Gasteiger partial charge in [-0.25, -0.2) is 0 Å². The van der Waals surface area contributed by atoms with E-state index in [0.717, 1.165) is 25.3 Å². The van der Waals surface area contributed by atoms with Crippen LogP contribution >= 0.6 is 0 Å². The van der Waals surface area contributed by atoms with Gasteiger partial charge >= 0.3 is 0 Å². The molecule has 0 aromatic carbocycles. The van der Waals surface area contributed by atoms with Gasteiger partial charge in [0.05, 0.1) is 11.3 Å². The molecule has 0 amide bonds. The Balaban J connectivity index is 1.52. The molecule has 2 heterocycles. The van der Waals surface area contributed by atoms with Crippen molar-refractivity contribution in [1.29, 1.82) is 0 Å². The summed E-state index contributed by atoms with van der Waals surface area (Å²) < 4.78 is 5.93. The van der Waals surface area contributed by atoms with Crippen molar-refractivity contribution in [3.05, 3.63) is 30.1 Å². The van der Waals surface area contributed by atoms with E-state index in [1.54, 1.807) is 0 Å².